The summed E-state index contributed by atoms with van der Waals surface area (Å²) in [6.07, 6.45) is 4.77. The minimum absolute atomic E-state index is 0.0773. The van der Waals surface area contributed by atoms with Gasteiger partial charge in [0.25, 0.3) is 5.91 Å². The van der Waals surface area contributed by atoms with Crippen molar-refractivity contribution in [3.8, 4) is 0 Å². The van der Waals surface area contributed by atoms with E-state index in [1.165, 1.54) is 37.1 Å². The van der Waals surface area contributed by atoms with Crippen molar-refractivity contribution in [1.29, 1.82) is 0 Å². The Morgan fingerprint density at radius 2 is 1.57 bits per heavy atom. The van der Waals surface area contributed by atoms with Crippen molar-refractivity contribution < 1.29 is 14.0 Å². The average Bonchev–Trinajstić information content (AvgIpc) is 3.54. The van der Waals surface area contributed by atoms with Gasteiger partial charge in [0.1, 0.15) is 5.82 Å². The lowest BCUT2D eigenvalue weighted by atomic mass is 10.0. The predicted molar refractivity (Wildman–Crippen MR) is 105 cm³/mol. The molecule has 1 aromatic carbocycles. The van der Waals surface area contributed by atoms with Crippen molar-refractivity contribution in [3.63, 3.8) is 0 Å². The summed E-state index contributed by atoms with van der Waals surface area (Å²) in [7, 11) is 0. The van der Waals surface area contributed by atoms with E-state index in [9.17, 15) is 14.0 Å². The summed E-state index contributed by atoms with van der Waals surface area (Å²) in [4.78, 5) is 31.3. The number of carbonyl (C=O) groups is 2. The summed E-state index contributed by atoms with van der Waals surface area (Å²) < 4.78 is 13.0. The summed E-state index contributed by atoms with van der Waals surface area (Å²) >= 11 is 0. The first kappa shape index (κ1) is 19.3. The van der Waals surface area contributed by atoms with Crippen LogP contribution in [0.5, 0.6) is 0 Å². The molecule has 3 aliphatic rings. The molecule has 7 heteroatoms. The number of nitrogens with one attached hydrogen (secondary N) is 1. The number of halogens is 1. The van der Waals surface area contributed by atoms with Crippen LogP contribution in [0.3, 0.4) is 0 Å². The molecule has 2 aliphatic heterocycles. The van der Waals surface area contributed by atoms with Gasteiger partial charge in [-0.05, 0) is 49.9 Å². The quantitative estimate of drug-likeness (QED) is 0.827. The maximum atomic E-state index is 13.0. The lowest BCUT2D eigenvalue weighted by Gasteiger charge is -2.35. The van der Waals surface area contributed by atoms with E-state index in [0.29, 0.717) is 44.3 Å². The van der Waals surface area contributed by atoms with E-state index in [1.807, 2.05) is 0 Å². The molecule has 1 aliphatic carbocycles. The number of piperidine rings is 1. The Kier molecular flexibility index (Phi) is 5.92. The third-order valence-electron chi connectivity index (χ3n) is 6.08. The fourth-order valence-electron chi connectivity index (χ4n) is 4.21. The standard InChI is InChI=1S/C21H29FN4O2/c22-17-3-1-16(2-4-17)21(28)26-13-11-24(12-14-26)15-20(27)23-18-7-9-25(10-8-18)19-5-6-19/h1-4,18-19H,5-15H2,(H,23,27). The number of amides is 2. The number of piperazine rings is 1. The monoisotopic (exact) mass is 388 g/mol. The van der Waals surface area contributed by atoms with E-state index in [-0.39, 0.29) is 17.6 Å². The van der Waals surface area contributed by atoms with Crippen LogP contribution in [0.1, 0.15) is 36.0 Å². The minimum Gasteiger partial charge on any atom is -0.352 e. The van der Waals surface area contributed by atoms with Gasteiger partial charge in [0.15, 0.2) is 0 Å². The molecule has 1 aromatic rings. The van der Waals surface area contributed by atoms with Crippen molar-refractivity contribution >= 4 is 11.8 Å². The molecule has 28 heavy (non-hydrogen) atoms. The van der Waals surface area contributed by atoms with E-state index >= 15 is 0 Å². The van der Waals surface area contributed by atoms with Crippen LogP contribution in [0.2, 0.25) is 0 Å². The van der Waals surface area contributed by atoms with E-state index in [1.54, 1.807) is 4.90 Å². The van der Waals surface area contributed by atoms with Gasteiger partial charge in [-0.3, -0.25) is 14.5 Å². The van der Waals surface area contributed by atoms with Gasteiger partial charge in [0.05, 0.1) is 6.54 Å². The maximum absolute atomic E-state index is 13.0. The number of rotatable bonds is 5. The average molecular weight is 388 g/mol. The number of likely N-dealkylation sites (tertiary alicyclic amines) is 1. The largest absolute Gasteiger partial charge is 0.352 e. The summed E-state index contributed by atoms with van der Waals surface area (Å²) in [6.45, 7) is 5.12. The molecule has 0 unspecified atom stereocenters. The highest BCUT2D eigenvalue weighted by atomic mass is 19.1. The van der Waals surface area contributed by atoms with Crippen molar-refractivity contribution in [2.45, 2.75) is 37.8 Å². The molecule has 0 spiro atoms. The van der Waals surface area contributed by atoms with E-state index < -0.39 is 0 Å². The Balaban J connectivity index is 1.17. The van der Waals surface area contributed by atoms with Crippen LogP contribution in [-0.4, -0.2) is 84.4 Å². The Morgan fingerprint density at radius 1 is 0.929 bits per heavy atom. The molecule has 0 atom stereocenters. The third kappa shape index (κ3) is 4.89. The van der Waals surface area contributed by atoms with Gasteiger partial charge in [0.2, 0.25) is 5.91 Å². The molecule has 2 amide bonds. The van der Waals surface area contributed by atoms with Gasteiger partial charge < -0.3 is 15.1 Å². The molecule has 152 valence electrons. The molecule has 0 aromatic heterocycles. The number of nitrogens with zero attached hydrogens (tertiary/aromatic N) is 3. The second-order valence-corrected chi connectivity index (χ2v) is 8.18. The molecule has 6 nitrogen and oxygen atoms in total. The van der Waals surface area contributed by atoms with Crippen LogP contribution >= 0.6 is 0 Å². The second kappa shape index (κ2) is 8.57. The van der Waals surface area contributed by atoms with Gasteiger partial charge in [0, 0.05) is 56.9 Å². The summed E-state index contributed by atoms with van der Waals surface area (Å²) in [5.74, 6) is -0.333. The van der Waals surface area contributed by atoms with Gasteiger partial charge in [-0.25, -0.2) is 4.39 Å². The molecule has 0 bridgehead atoms. The van der Waals surface area contributed by atoms with Crippen molar-refractivity contribution in [2.75, 3.05) is 45.8 Å². The van der Waals surface area contributed by atoms with E-state index in [0.717, 1.165) is 32.0 Å². The lowest BCUT2D eigenvalue weighted by molar-refractivity contribution is -0.123. The first-order chi connectivity index (χ1) is 13.6. The number of hydrogen-bond donors (Lipinski definition) is 1. The molecule has 2 heterocycles. The SMILES string of the molecule is O=C(CN1CCN(C(=O)c2ccc(F)cc2)CC1)NC1CCN(C2CC2)CC1. The highest BCUT2D eigenvalue weighted by Crippen LogP contribution is 2.29. The molecule has 1 saturated carbocycles. The molecule has 4 rings (SSSR count). The Hall–Kier alpha value is -1.99. The van der Waals surface area contributed by atoms with Gasteiger partial charge >= 0.3 is 0 Å². The number of hydrogen-bond acceptors (Lipinski definition) is 4. The molecule has 3 fully saturated rings. The van der Waals surface area contributed by atoms with Crippen LogP contribution < -0.4 is 5.32 Å². The molecular weight excluding hydrogens is 359 g/mol. The van der Waals surface area contributed by atoms with Crippen molar-refractivity contribution in [1.82, 2.24) is 20.0 Å². The summed E-state index contributed by atoms with van der Waals surface area (Å²) in [6, 6.07) is 6.76. The first-order valence-corrected chi connectivity index (χ1v) is 10.4. The van der Waals surface area contributed by atoms with E-state index in [4.69, 9.17) is 0 Å². The van der Waals surface area contributed by atoms with Crippen LogP contribution in [0.4, 0.5) is 4.39 Å². The topological polar surface area (TPSA) is 55.9 Å². The second-order valence-electron chi connectivity index (χ2n) is 8.18. The zero-order valence-electron chi connectivity index (χ0n) is 16.3. The van der Waals surface area contributed by atoms with Crippen molar-refractivity contribution in [2.24, 2.45) is 0 Å². The highest BCUT2D eigenvalue weighted by Gasteiger charge is 2.32. The maximum Gasteiger partial charge on any atom is 0.253 e. The van der Waals surface area contributed by atoms with Crippen LogP contribution in [-0.2, 0) is 4.79 Å². The summed E-state index contributed by atoms with van der Waals surface area (Å²) in [5, 5.41) is 3.19. The van der Waals surface area contributed by atoms with Gasteiger partial charge in [-0.1, -0.05) is 0 Å². The van der Waals surface area contributed by atoms with E-state index in [2.05, 4.69) is 15.1 Å². The van der Waals surface area contributed by atoms with Crippen LogP contribution in [0, 0.1) is 5.82 Å². The Morgan fingerprint density at radius 3 is 2.18 bits per heavy atom. The zero-order chi connectivity index (χ0) is 19.5. The zero-order valence-corrected chi connectivity index (χ0v) is 16.3. The molecule has 0 radical (unpaired) electrons. The van der Waals surface area contributed by atoms with Gasteiger partial charge in [-0.15, -0.1) is 0 Å². The Labute approximate surface area is 165 Å². The fraction of sp³-hybridized carbons (Fsp3) is 0.619. The number of benzene rings is 1. The number of carbonyl (C=O) groups excluding carboxylic acids is 2. The smallest absolute Gasteiger partial charge is 0.253 e. The van der Waals surface area contributed by atoms with Gasteiger partial charge in [-0.2, -0.15) is 0 Å². The lowest BCUT2D eigenvalue weighted by Crippen LogP contribution is -2.52. The molecular formula is C21H29FN4O2. The van der Waals surface area contributed by atoms with Crippen LogP contribution in [0.15, 0.2) is 24.3 Å². The first-order valence-electron chi connectivity index (χ1n) is 10.4. The third-order valence-corrected chi connectivity index (χ3v) is 6.08. The highest BCUT2D eigenvalue weighted by molar-refractivity contribution is 5.94. The Bertz CT molecular complexity index is 691. The normalized spacial score (nSPS) is 22.2. The van der Waals surface area contributed by atoms with Crippen molar-refractivity contribution in [3.05, 3.63) is 35.6 Å². The predicted octanol–water partition coefficient (Wildman–Crippen LogP) is 1.33. The fourth-order valence-corrected chi connectivity index (χ4v) is 4.21. The van der Waals surface area contributed by atoms with Crippen LogP contribution in [0.25, 0.3) is 0 Å². The minimum atomic E-state index is -0.342. The summed E-state index contributed by atoms with van der Waals surface area (Å²) in [5.41, 5.74) is 0.505. The molecule has 1 N–H and O–H groups in total. The molecule has 2 saturated heterocycles.